The second kappa shape index (κ2) is 15.8. The van der Waals surface area contributed by atoms with Crippen molar-refractivity contribution in [2.75, 3.05) is 0 Å². The molecule has 1 aromatic heterocycles. The van der Waals surface area contributed by atoms with E-state index in [1.165, 1.54) is 17.5 Å². The molecule has 0 saturated carbocycles. The molecule has 3 aromatic carbocycles. The smallest absolute Gasteiger partial charge is 0.193 e. The SMILES string of the molecule is C1=CSNN=C1.Cc1ccccc1.O=C(c1ccccc1)c1ccccc1.c1c[nH]nn1. The van der Waals surface area contributed by atoms with Crippen LogP contribution in [0.1, 0.15) is 21.5 Å². The number of H-pyrrole nitrogens is 1. The summed E-state index contributed by atoms with van der Waals surface area (Å²) >= 11 is 1.47. The molecule has 0 spiro atoms. The van der Waals surface area contributed by atoms with Crippen molar-refractivity contribution in [1.82, 2.24) is 20.2 Å². The third kappa shape index (κ3) is 10.7. The van der Waals surface area contributed by atoms with Gasteiger partial charge in [0.1, 0.15) is 0 Å². The number of carbonyl (C=O) groups is 1. The molecule has 7 heteroatoms. The van der Waals surface area contributed by atoms with Crippen LogP contribution in [-0.2, 0) is 0 Å². The van der Waals surface area contributed by atoms with Crippen molar-refractivity contribution >= 4 is 23.9 Å². The Kier molecular flexibility index (Phi) is 12.0. The first kappa shape index (κ1) is 24.3. The maximum absolute atomic E-state index is 11.8. The largest absolute Gasteiger partial charge is 0.289 e. The number of aryl methyl sites for hydroxylation is 1. The van der Waals surface area contributed by atoms with Gasteiger partial charge >= 0.3 is 0 Å². The third-order valence-corrected chi connectivity index (χ3v) is 4.26. The zero-order chi connectivity index (χ0) is 22.7. The summed E-state index contributed by atoms with van der Waals surface area (Å²) in [7, 11) is 0. The van der Waals surface area contributed by atoms with Crippen molar-refractivity contribution in [3.8, 4) is 0 Å². The second-order valence-electron chi connectivity index (χ2n) is 6.19. The predicted octanol–water partition coefficient (Wildman–Crippen LogP) is 5.45. The summed E-state index contributed by atoms with van der Waals surface area (Å²) in [5.74, 6) is 0.0752. The maximum Gasteiger partial charge on any atom is 0.193 e. The van der Waals surface area contributed by atoms with Crippen LogP contribution in [0.2, 0.25) is 0 Å². The van der Waals surface area contributed by atoms with Gasteiger partial charge in [-0.05, 0) is 30.4 Å². The Morgan fingerprint density at radius 2 is 1.38 bits per heavy atom. The minimum absolute atomic E-state index is 0.0752. The summed E-state index contributed by atoms with van der Waals surface area (Å²) in [5.41, 5.74) is 2.79. The first-order valence-corrected chi connectivity index (χ1v) is 10.7. The fourth-order valence-electron chi connectivity index (χ4n) is 2.26. The van der Waals surface area contributed by atoms with Crippen molar-refractivity contribution in [3.63, 3.8) is 0 Å². The Morgan fingerprint density at radius 3 is 1.62 bits per heavy atom. The number of ketones is 1. The molecule has 2 heterocycles. The van der Waals surface area contributed by atoms with Crippen LogP contribution in [0.15, 0.2) is 120 Å². The summed E-state index contributed by atoms with van der Waals surface area (Å²) in [5, 5.41) is 14.9. The number of hydrogen-bond donors (Lipinski definition) is 2. The van der Waals surface area contributed by atoms with Crippen molar-refractivity contribution in [2.24, 2.45) is 5.10 Å². The lowest BCUT2D eigenvalue weighted by molar-refractivity contribution is 0.103. The van der Waals surface area contributed by atoms with Crippen LogP contribution in [0.25, 0.3) is 0 Å². The minimum atomic E-state index is 0.0752. The topological polar surface area (TPSA) is 83.0 Å². The highest BCUT2D eigenvalue weighted by molar-refractivity contribution is 8.00. The van der Waals surface area contributed by atoms with Crippen molar-refractivity contribution in [3.05, 3.63) is 132 Å². The van der Waals surface area contributed by atoms with E-state index >= 15 is 0 Å². The van der Waals surface area contributed by atoms with E-state index in [1.54, 1.807) is 18.6 Å². The molecule has 5 rings (SSSR count). The van der Waals surface area contributed by atoms with Crippen LogP contribution in [0.5, 0.6) is 0 Å². The molecule has 1 aliphatic rings. The van der Waals surface area contributed by atoms with Gasteiger partial charge in [-0.3, -0.25) is 9.89 Å². The van der Waals surface area contributed by atoms with Gasteiger partial charge in [0, 0.05) is 23.5 Å². The van der Waals surface area contributed by atoms with Crippen LogP contribution < -0.4 is 4.83 Å². The number of hydrogen-bond acceptors (Lipinski definition) is 6. The monoisotopic (exact) mass is 443 g/mol. The fraction of sp³-hybridized carbons (Fsp3) is 0.0400. The molecule has 32 heavy (non-hydrogen) atoms. The lowest BCUT2D eigenvalue weighted by Crippen LogP contribution is -1.99. The van der Waals surface area contributed by atoms with E-state index in [0.717, 1.165) is 11.1 Å². The van der Waals surface area contributed by atoms with E-state index in [9.17, 15) is 4.79 Å². The van der Waals surface area contributed by atoms with E-state index < -0.39 is 0 Å². The van der Waals surface area contributed by atoms with Crippen LogP contribution in [-0.4, -0.2) is 27.4 Å². The molecule has 4 aromatic rings. The lowest BCUT2D eigenvalue weighted by Gasteiger charge is -1.99. The van der Waals surface area contributed by atoms with E-state index in [2.05, 4.69) is 44.4 Å². The number of rotatable bonds is 2. The summed E-state index contributed by atoms with van der Waals surface area (Å²) in [6, 6.07) is 28.9. The van der Waals surface area contributed by atoms with Gasteiger partial charge in [0.15, 0.2) is 5.78 Å². The van der Waals surface area contributed by atoms with Crippen LogP contribution in [0, 0.1) is 6.92 Å². The Balaban J connectivity index is 0.000000168. The number of aromatic nitrogens is 3. The van der Waals surface area contributed by atoms with Gasteiger partial charge in [-0.15, -0.1) is 5.10 Å². The summed E-state index contributed by atoms with van der Waals surface area (Å²) in [4.78, 5) is 14.5. The van der Waals surface area contributed by atoms with E-state index in [1.807, 2.05) is 90.3 Å². The van der Waals surface area contributed by atoms with Gasteiger partial charge < -0.3 is 0 Å². The first-order chi connectivity index (χ1) is 15.8. The molecule has 0 bridgehead atoms. The van der Waals surface area contributed by atoms with Crippen LogP contribution in [0.4, 0.5) is 0 Å². The second-order valence-corrected chi connectivity index (χ2v) is 6.88. The summed E-state index contributed by atoms with van der Waals surface area (Å²) in [6.45, 7) is 2.08. The number of allylic oxidation sites excluding steroid dienone is 1. The molecule has 0 radical (unpaired) electrons. The average Bonchev–Trinajstić information content (AvgIpc) is 3.48. The zero-order valence-electron chi connectivity index (χ0n) is 17.7. The van der Waals surface area contributed by atoms with Crippen molar-refractivity contribution in [1.29, 1.82) is 0 Å². The molecular weight excluding hydrogens is 418 g/mol. The van der Waals surface area contributed by atoms with E-state index in [4.69, 9.17) is 0 Å². The highest BCUT2D eigenvalue weighted by Crippen LogP contribution is 2.08. The highest BCUT2D eigenvalue weighted by Gasteiger charge is 2.06. The van der Waals surface area contributed by atoms with Gasteiger partial charge in [-0.2, -0.15) is 5.10 Å². The van der Waals surface area contributed by atoms with E-state index in [0.29, 0.717) is 0 Å². The molecule has 1 aliphatic heterocycles. The molecular formula is C25H25N5OS. The molecule has 0 aliphatic carbocycles. The van der Waals surface area contributed by atoms with Gasteiger partial charge in [0.25, 0.3) is 0 Å². The number of hydrazone groups is 1. The van der Waals surface area contributed by atoms with E-state index in [-0.39, 0.29) is 5.78 Å². The molecule has 6 nitrogen and oxygen atoms in total. The number of benzene rings is 3. The van der Waals surface area contributed by atoms with Crippen molar-refractivity contribution < 1.29 is 4.79 Å². The molecule has 2 N–H and O–H groups in total. The quantitative estimate of drug-likeness (QED) is 0.318. The minimum Gasteiger partial charge on any atom is -0.289 e. The Hall–Kier alpha value is -3.97. The Morgan fingerprint density at radius 1 is 0.812 bits per heavy atom. The number of nitrogens with one attached hydrogen (secondary N) is 2. The van der Waals surface area contributed by atoms with Gasteiger partial charge in [0.05, 0.1) is 6.20 Å². The van der Waals surface area contributed by atoms with Gasteiger partial charge in [-0.25, -0.2) is 4.83 Å². The number of nitrogens with zero attached hydrogens (tertiary/aromatic N) is 3. The van der Waals surface area contributed by atoms with Crippen molar-refractivity contribution in [2.45, 2.75) is 6.92 Å². The van der Waals surface area contributed by atoms with Crippen LogP contribution >= 0.6 is 11.9 Å². The maximum atomic E-state index is 11.8. The van der Waals surface area contributed by atoms with Gasteiger partial charge in [0.2, 0.25) is 0 Å². The van der Waals surface area contributed by atoms with Crippen LogP contribution in [0.3, 0.4) is 0 Å². The third-order valence-electron chi connectivity index (χ3n) is 3.76. The molecule has 0 saturated heterocycles. The van der Waals surface area contributed by atoms with Gasteiger partial charge in [-0.1, -0.05) is 102 Å². The lowest BCUT2D eigenvalue weighted by atomic mass is 10.0. The summed E-state index contributed by atoms with van der Waals surface area (Å²) in [6.07, 6.45) is 6.82. The Labute approximate surface area is 192 Å². The zero-order valence-corrected chi connectivity index (χ0v) is 18.5. The summed E-state index contributed by atoms with van der Waals surface area (Å²) < 4.78 is 0. The molecule has 0 fully saturated rings. The molecule has 162 valence electrons. The predicted molar refractivity (Wildman–Crippen MR) is 132 cm³/mol. The molecule has 0 amide bonds. The highest BCUT2D eigenvalue weighted by atomic mass is 32.2. The molecule has 0 unspecified atom stereocenters. The standard InChI is InChI=1S/C13H10O.C7H8.C3H4N2S.C2H3N3/c14-13(11-7-3-1-4-8-11)12-9-5-2-6-10-12;1-7-5-3-2-4-6-7;1-2-4-5-6-3-1;1-2-4-5-3-1/h1-10H;2-6H,1H3;1-3,5H;1-2H,(H,3,4,5). The normalized spacial score (nSPS) is 10.7. The molecule has 0 atom stereocenters. The average molecular weight is 444 g/mol. The Bertz CT molecular complexity index is 967. The fourth-order valence-corrected chi connectivity index (χ4v) is 2.59. The number of aromatic amines is 1. The number of carbonyl (C=O) groups excluding carboxylic acids is 1. The first-order valence-electron chi connectivity index (χ1n) is 9.83.